The van der Waals surface area contributed by atoms with Crippen LogP contribution >= 0.6 is 11.6 Å². The predicted octanol–water partition coefficient (Wildman–Crippen LogP) is 1.87. The van der Waals surface area contributed by atoms with Crippen molar-refractivity contribution in [2.75, 3.05) is 12.3 Å². The van der Waals surface area contributed by atoms with Gasteiger partial charge in [0, 0.05) is 22.8 Å². The van der Waals surface area contributed by atoms with Crippen molar-refractivity contribution < 1.29 is 17.3 Å². The molecule has 0 aliphatic rings. The smallest absolute Gasteiger partial charge is 0.335 e. The third-order valence-electron chi connectivity index (χ3n) is 2.51. The van der Waals surface area contributed by atoms with Gasteiger partial charge in [-0.15, -0.1) is 10.2 Å². The van der Waals surface area contributed by atoms with Crippen LogP contribution in [0.4, 0.5) is 11.4 Å². The molecule has 22 heavy (non-hydrogen) atoms. The number of carbonyl (C=O) groups excluding carboxylic acids is 1. The first-order valence-electron chi connectivity index (χ1n) is 7.28. The molecule has 0 radical (unpaired) electrons. The molecule has 0 unspecified atom stereocenters. The van der Waals surface area contributed by atoms with E-state index in [1.807, 2.05) is 36.5 Å². The predicted molar refractivity (Wildman–Crippen MR) is 83.8 cm³/mol. The molecule has 0 aliphatic heterocycles. The minimum atomic E-state index is -2.61. The molecule has 0 spiro atoms. The minimum absolute atomic E-state index is 0.0847. The van der Waals surface area contributed by atoms with Gasteiger partial charge in [0.05, 0.1) is 5.69 Å². The van der Waals surface area contributed by atoms with E-state index >= 15 is 0 Å². The first-order chi connectivity index (χ1) is 11.7. The van der Waals surface area contributed by atoms with Crippen LogP contribution in [-0.2, 0) is 11.6 Å². The number of anilines is 2. The maximum atomic E-state index is 12.0. The first kappa shape index (κ1) is 13.4. The molecule has 0 saturated heterocycles. The Labute approximate surface area is 139 Å². The quantitative estimate of drug-likeness (QED) is 0.882. The first-order valence-corrected chi connectivity index (χ1v) is 6.82. The molecule has 2 N–H and O–H groups in total. The molecule has 1 aromatic carbocycles. The lowest BCUT2D eigenvalue weighted by Gasteiger charge is -2.12. The number of hydrogen-bond acceptors (Lipinski definition) is 6. The standard InChI is InChI=1S/C13H13ClN4O.O2S/c1-8-5-3-4-6-9(8)16-10-7-11(14)17-18-12(10)13(19)15-2;1-3-2/h3-7H,1-2H3,(H,15,19)(H,16,17);/i2D3;. The molecule has 0 bridgehead atoms. The van der Waals surface area contributed by atoms with Gasteiger partial charge < -0.3 is 10.6 Å². The molecule has 1 aromatic heterocycles. The molecule has 7 nitrogen and oxygen atoms in total. The fourth-order valence-corrected chi connectivity index (χ4v) is 1.70. The molecule has 0 atom stereocenters. The Balaban J connectivity index is 0.000000970. The van der Waals surface area contributed by atoms with Gasteiger partial charge in [-0.3, -0.25) is 4.79 Å². The highest BCUT2D eigenvalue weighted by atomic mass is 35.5. The summed E-state index contributed by atoms with van der Waals surface area (Å²) in [4.78, 5) is 12.0. The van der Waals surface area contributed by atoms with Crippen molar-refractivity contribution in [3.63, 3.8) is 0 Å². The number of carbonyl (C=O) groups is 1. The Morgan fingerprint density at radius 1 is 1.27 bits per heavy atom. The number of rotatable bonds is 3. The van der Waals surface area contributed by atoms with E-state index in [1.165, 1.54) is 6.07 Å². The van der Waals surface area contributed by atoms with E-state index in [1.54, 1.807) is 0 Å². The second-order valence-corrected chi connectivity index (χ2v) is 4.41. The zero-order valence-corrected chi connectivity index (χ0v) is 12.9. The summed E-state index contributed by atoms with van der Waals surface area (Å²) in [5.74, 6) is -0.861. The van der Waals surface area contributed by atoms with Crippen LogP contribution in [0.5, 0.6) is 0 Å². The number of halogens is 1. The summed E-state index contributed by atoms with van der Waals surface area (Å²) in [5, 5.41) is 12.2. The molecule has 2 rings (SSSR count). The van der Waals surface area contributed by atoms with E-state index in [-0.39, 0.29) is 16.5 Å². The van der Waals surface area contributed by atoms with Gasteiger partial charge in [-0.25, -0.2) is 0 Å². The number of para-hydroxylation sites is 1. The lowest BCUT2D eigenvalue weighted by molar-refractivity contribution is 0.0958. The normalized spacial score (nSPS) is 11.8. The van der Waals surface area contributed by atoms with E-state index in [4.69, 9.17) is 24.1 Å². The van der Waals surface area contributed by atoms with Crippen molar-refractivity contribution in [3.05, 3.63) is 46.7 Å². The molecule has 0 fully saturated rings. The lowest BCUT2D eigenvalue weighted by Crippen LogP contribution is -2.21. The molecular formula is C13H13ClN4O3S. The van der Waals surface area contributed by atoms with Crippen molar-refractivity contribution in [3.8, 4) is 0 Å². The number of aryl methyl sites for hydroxylation is 1. The van der Waals surface area contributed by atoms with Gasteiger partial charge in [-0.1, -0.05) is 29.8 Å². The third kappa shape index (κ3) is 4.90. The van der Waals surface area contributed by atoms with Gasteiger partial charge >= 0.3 is 11.6 Å². The summed E-state index contributed by atoms with van der Waals surface area (Å²) in [6, 6.07) is 8.82. The highest BCUT2D eigenvalue weighted by Gasteiger charge is 2.14. The summed E-state index contributed by atoms with van der Waals surface area (Å²) in [5.41, 5.74) is 1.81. The summed E-state index contributed by atoms with van der Waals surface area (Å²) in [6.45, 7) is -0.723. The van der Waals surface area contributed by atoms with E-state index in [0.29, 0.717) is 0 Å². The summed E-state index contributed by atoms with van der Waals surface area (Å²) in [7, 11) is 0. The SMILES string of the molecule is O=S=O.[2H]C([2H])([2H])NC(=O)c1nnc(Cl)cc1Nc1ccccc1C. The van der Waals surface area contributed by atoms with Gasteiger partial charge in [-0.2, -0.15) is 8.42 Å². The summed E-state index contributed by atoms with van der Waals surface area (Å²) < 4.78 is 37.8. The highest BCUT2D eigenvalue weighted by molar-refractivity contribution is 7.51. The van der Waals surface area contributed by atoms with E-state index < -0.39 is 24.5 Å². The average molecular weight is 344 g/mol. The van der Waals surface area contributed by atoms with Crippen LogP contribution in [0.1, 0.15) is 20.2 Å². The van der Waals surface area contributed by atoms with Crippen molar-refractivity contribution in [2.45, 2.75) is 6.92 Å². The monoisotopic (exact) mass is 343 g/mol. The Hall–Kier alpha value is -2.32. The Morgan fingerprint density at radius 3 is 2.59 bits per heavy atom. The van der Waals surface area contributed by atoms with Gasteiger partial charge in [0.15, 0.2) is 10.8 Å². The van der Waals surface area contributed by atoms with E-state index in [0.717, 1.165) is 11.3 Å². The second-order valence-electron chi connectivity index (χ2n) is 3.89. The number of benzene rings is 1. The zero-order chi connectivity index (χ0) is 19.0. The molecule has 0 saturated carbocycles. The van der Waals surface area contributed by atoms with Crippen LogP contribution in [0.3, 0.4) is 0 Å². The number of nitrogens with one attached hydrogen (secondary N) is 2. The number of amides is 1. The van der Waals surface area contributed by atoms with Gasteiger partial charge in [-0.05, 0) is 18.6 Å². The van der Waals surface area contributed by atoms with E-state index in [2.05, 4.69) is 15.5 Å². The van der Waals surface area contributed by atoms with Crippen molar-refractivity contribution in [2.24, 2.45) is 0 Å². The van der Waals surface area contributed by atoms with Gasteiger partial charge in [0.1, 0.15) is 0 Å². The number of nitrogens with zero attached hydrogens (tertiary/aromatic N) is 2. The van der Waals surface area contributed by atoms with Crippen LogP contribution in [0.25, 0.3) is 0 Å². The topological polar surface area (TPSA) is 101 Å². The largest absolute Gasteiger partial charge is 0.354 e. The van der Waals surface area contributed by atoms with E-state index in [9.17, 15) is 4.79 Å². The molecule has 116 valence electrons. The molecule has 0 aliphatic carbocycles. The maximum absolute atomic E-state index is 12.0. The second kappa shape index (κ2) is 8.85. The van der Waals surface area contributed by atoms with Gasteiger partial charge in [0.2, 0.25) is 0 Å². The van der Waals surface area contributed by atoms with Crippen molar-refractivity contribution in [1.82, 2.24) is 15.5 Å². The molecule has 1 amide bonds. The van der Waals surface area contributed by atoms with Crippen LogP contribution in [0.15, 0.2) is 30.3 Å². The fourth-order valence-electron chi connectivity index (χ4n) is 1.55. The van der Waals surface area contributed by atoms with Crippen LogP contribution < -0.4 is 10.6 Å². The minimum Gasteiger partial charge on any atom is -0.354 e. The van der Waals surface area contributed by atoms with Crippen LogP contribution in [0.2, 0.25) is 5.15 Å². The molecule has 2 aromatic rings. The Kier molecular flexibility index (Phi) is 5.37. The third-order valence-corrected chi connectivity index (χ3v) is 2.69. The summed E-state index contributed by atoms with van der Waals surface area (Å²) >= 11 is 5.05. The number of aromatic nitrogens is 2. The fraction of sp³-hybridized carbons (Fsp3) is 0.154. The molecular weight excluding hydrogens is 328 g/mol. The van der Waals surface area contributed by atoms with Gasteiger partial charge in [0.25, 0.3) is 5.91 Å². The molecule has 9 heteroatoms. The number of hydrogen-bond donors (Lipinski definition) is 2. The average Bonchev–Trinajstić information content (AvgIpc) is 2.48. The highest BCUT2D eigenvalue weighted by Crippen LogP contribution is 2.23. The Morgan fingerprint density at radius 2 is 1.95 bits per heavy atom. The lowest BCUT2D eigenvalue weighted by atomic mass is 10.2. The van der Waals surface area contributed by atoms with Crippen LogP contribution in [-0.4, -0.2) is 31.5 Å². The summed E-state index contributed by atoms with van der Waals surface area (Å²) in [6.07, 6.45) is 0. The van der Waals surface area contributed by atoms with Crippen molar-refractivity contribution >= 4 is 40.5 Å². The Bertz CT molecular complexity index is 798. The zero-order valence-electron chi connectivity index (χ0n) is 14.3. The van der Waals surface area contributed by atoms with Crippen LogP contribution in [0, 0.1) is 6.92 Å². The van der Waals surface area contributed by atoms with Crippen molar-refractivity contribution in [1.29, 1.82) is 0 Å². The molecule has 1 heterocycles. The maximum Gasteiger partial charge on any atom is 0.335 e.